The van der Waals surface area contributed by atoms with Gasteiger partial charge >= 0.3 is 0 Å². The normalized spacial score (nSPS) is 36.3. The van der Waals surface area contributed by atoms with Crippen molar-refractivity contribution in [2.24, 2.45) is 5.92 Å². The Hall–Kier alpha value is -0.0800. The largest absolute Gasteiger partial charge is 0.392 e. The molecular weight excluding hydrogens is 126 g/mol. The van der Waals surface area contributed by atoms with Gasteiger partial charge in [0.05, 0.1) is 6.10 Å². The molecule has 3 unspecified atom stereocenters. The van der Waals surface area contributed by atoms with Crippen LogP contribution in [0.15, 0.2) is 0 Å². The molecule has 0 aromatic rings. The van der Waals surface area contributed by atoms with Crippen molar-refractivity contribution in [2.45, 2.75) is 38.8 Å². The Morgan fingerprint density at radius 1 is 1.70 bits per heavy atom. The summed E-state index contributed by atoms with van der Waals surface area (Å²) in [7, 11) is 0. The number of hydrogen-bond acceptors (Lipinski definition) is 2. The van der Waals surface area contributed by atoms with E-state index in [1.54, 1.807) is 0 Å². The number of aliphatic hydroxyl groups excluding tert-OH is 1. The van der Waals surface area contributed by atoms with E-state index in [1.165, 1.54) is 6.42 Å². The summed E-state index contributed by atoms with van der Waals surface area (Å²) in [5.74, 6) is 0.706. The fourth-order valence-corrected chi connectivity index (χ4v) is 1.47. The molecule has 0 radical (unpaired) electrons. The van der Waals surface area contributed by atoms with E-state index in [9.17, 15) is 5.11 Å². The molecule has 0 bridgehead atoms. The van der Waals surface area contributed by atoms with Crippen LogP contribution in [-0.2, 0) is 0 Å². The highest BCUT2D eigenvalue weighted by atomic mass is 16.3. The highest BCUT2D eigenvalue weighted by molar-refractivity contribution is 4.83. The zero-order valence-electron chi connectivity index (χ0n) is 6.80. The van der Waals surface area contributed by atoms with Gasteiger partial charge in [-0.25, -0.2) is 0 Å². The predicted molar refractivity (Wildman–Crippen MR) is 41.9 cm³/mol. The van der Waals surface area contributed by atoms with Crippen LogP contribution in [0.2, 0.25) is 0 Å². The lowest BCUT2D eigenvalue weighted by atomic mass is 9.98. The molecule has 60 valence electrons. The van der Waals surface area contributed by atoms with Gasteiger partial charge in [-0.15, -0.1) is 0 Å². The third-order valence-electron chi connectivity index (χ3n) is 2.47. The average Bonchev–Trinajstić information content (AvgIpc) is 2.34. The SMILES string of the molecule is CCC(C)C1CC(O)CN1. The topological polar surface area (TPSA) is 32.3 Å². The molecule has 2 heteroatoms. The number of rotatable bonds is 2. The Kier molecular flexibility index (Phi) is 2.69. The summed E-state index contributed by atoms with van der Waals surface area (Å²) < 4.78 is 0. The Morgan fingerprint density at radius 3 is 2.80 bits per heavy atom. The Bertz CT molecular complexity index is 105. The van der Waals surface area contributed by atoms with Crippen molar-refractivity contribution in [1.82, 2.24) is 5.32 Å². The molecule has 0 aromatic heterocycles. The van der Waals surface area contributed by atoms with Gasteiger partial charge < -0.3 is 10.4 Å². The Labute approximate surface area is 62.6 Å². The van der Waals surface area contributed by atoms with Crippen molar-refractivity contribution in [2.75, 3.05) is 6.54 Å². The fourth-order valence-electron chi connectivity index (χ4n) is 1.47. The molecule has 0 aliphatic carbocycles. The monoisotopic (exact) mass is 143 g/mol. The van der Waals surface area contributed by atoms with Gasteiger partial charge in [0.25, 0.3) is 0 Å². The lowest BCUT2D eigenvalue weighted by Gasteiger charge is -2.16. The maximum Gasteiger partial charge on any atom is 0.0679 e. The molecule has 0 saturated carbocycles. The van der Waals surface area contributed by atoms with E-state index in [1.807, 2.05) is 0 Å². The molecule has 1 aliphatic heterocycles. The number of hydrogen-bond donors (Lipinski definition) is 2. The van der Waals surface area contributed by atoms with E-state index in [2.05, 4.69) is 19.2 Å². The molecule has 1 fully saturated rings. The van der Waals surface area contributed by atoms with E-state index in [0.29, 0.717) is 12.0 Å². The van der Waals surface area contributed by atoms with E-state index < -0.39 is 0 Å². The number of aliphatic hydroxyl groups is 1. The van der Waals surface area contributed by atoms with Crippen molar-refractivity contribution in [3.63, 3.8) is 0 Å². The van der Waals surface area contributed by atoms with Crippen LogP contribution >= 0.6 is 0 Å². The highest BCUT2D eigenvalue weighted by Crippen LogP contribution is 2.17. The lowest BCUT2D eigenvalue weighted by molar-refractivity contribution is 0.190. The molecule has 1 heterocycles. The highest BCUT2D eigenvalue weighted by Gasteiger charge is 2.25. The molecule has 2 N–H and O–H groups in total. The van der Waals surface area contributed by atoms with Crippen molar-refractivity contribution in [1.29, 1.82) is 0 Å². The molecule has 10 heavy (non-hydrogen) atoms. The Morgan fingerprint density at radius 2 is 2.40 bits per heavy atom. The van der Waals surface area contributed by atoms with Gasteiger partial charge in [0.15, 0.2) is 0 Å². The molecule has 1 saturated heterocycles. The van der Waals surface area contributed by atoms with Gasteiger partial charge in [-0.05, 0) is 12.3 Å². The van der Waals surface area contributed by atoms with Crippen LogP contribution in [0.4, 0.5) is 0 Å². The predicted octanol–water partition coefficient (Wildman–Crippen LogP) is 0.755. The maximum atomic E-state index is 9.18. The van der Waals surface area contributed by atoms with Gasteiger partial charge in [-0.3, -0.25) is 0 Å². The van der Waals surface area contributed by atoms with Gasteiger partial charge in [-0.1, -0.05) is 20.3 Å². The molecule has 3 atom stereocenters. The second-order valence-electron chi connectivity index (χ2n) is 3.29. The molecule has 1 aliphatic rings. The minimum Gasteiger partial charge on any atom is -0.392 e. The molecule has 0 spiro atoms. The maximum absolute atomic E-state index is 9.18. The quantitative estimate of drug-likeness (QED) is 0.598. The summed E-state index contributed by atoms with van der Waals surface area (Å²) >= 11 is 0. The van der Waals surface area contributed by atoms with E-state index in [0.717, 1.165) is 13.0 Å². The smallest absolute Gasteiger partial charge is 0.0679 e. The summed E-state index contributed by atoms with van der Waals surface area (Å²) in [5, 5.41) is 12.5. The number of nitrogens with one attached hydrogen (secondary N) is 1. The summed E-state index contributed by atoms with van der Waals surface area (Å²) in [5.41, 5.74) is 0. The van der Waals surface area contributed by atoms with E-state index >= 15 is 0 Å². The van der Waals surface area contributed by atoms with Gasteiger partial charge in [0.2, 0.25) is 0 Å². The van der Waals surface area contributed by atoms with Gasteiger partial charge in [-0.2, -0.15) is 0 Å². The van der Waals surface area contributed by atoms with Crippen molar-refractivity contribution in [3.05, 3.63) is 0 Å². The zero-order chi connectivity index (χ0) is 7.56. The lowest BCUT2D eigenvalue weighted by Crippen LogP contribution is -2.27. The van der Waals surface area contributed by atoms with Crippen molar-refractivity contribution < 1.29 is 5.11 Å². The first-order valence-corrected chi connectivity index (χ1v) is 4.15. The summed E-state index contributed by atoms with van der Waals surface area (Å²) in [4.78, 5) is 0. The van der Waals surface area contributed by atoms with Crippen LogP contribution in [0, 0.1) is 5.92 Å². The summed E-state index contributed by atoms with van der Waals surface area (Å²) in [6, 6.07) is 0.556. The van der Waals surface area contributed by atoms with Crippen molar-refractivity contribution in [3.8, 4) is 0 Å². The molecule has 2 nitrogen and oxygen atoms in total. The van der Waals surface area contributed by atoms with E-state index in [4.69, 9.17) is 0 Å². The van der Waals surface area contributed by atoms with Crippen LogP contribution in [0.5, 0.6) is 0 Å². The first-order valence-electron chi connectivity index (χ1n) is 4.15. The number of β-amino-alcohol motifs (C(OH)–C–C–N with tert-alkyl or cyclic N) is 1. The van der Waals surface area contributed by atoms with Crippen LogP contribution in [-0.4, -0.2) is 23.8 Å². The molecule has 1 rings (SSSR count). The standard InChI is InChI=1S/C8H17NO/c1-3-6(2)8-4-7(10)5-9-8/h6-10H,3-5H2,1-2H3. The fraction of sp³-hybridized carbons (Fsp3) is 1.00. The molecule has 0 amide bonds. The summed E-state index contributed by atoms with van der Waals surface area (Å²) in [6.45, 7) is 5.21. The van der Waals surface area contributed by atoms with Crippen LogP contribution < -0.4 is 5.32 Å². The zero-order valence-corrected chi connectivity index (χ0v) is 6.80. The first-order chi connectivity index (χ1) is 4.74. The third kappa shape index (κ3) is 1.70. The minimum atomic E-state index is -0.0981. The average molecular weight is 143 g/mol. The van der Waals surface area contributed by atoms with Gasteiger partial charge in [0.1, 0.15) is 0 Å². The molecule has 0 aromatic carbocycles. The van der Waals surface area contributed by atoms with Gasteiger partial charge in [0, 0.05) is 12.6 Å². The van der Waals surface area contributed by atoms with Crippen LogP contribution in [0.25, 0.3) is 0 Å². The summed E-state index contributed by atoms with van der Waals surface area (Å²) in [6.07, 6.45) is 2.04. The minimum absolute atomic E-state index is 0.0981. The molecular formula is C8H17NO. The van der Waals surface area contributed by atoms with E-state index in [-0.39, 0.29) is 6.10 Å². The second kappa shape index (κ2) is 3.35. The second-order valence-corrected chi connectivity index (χ2v) is 3.29. The van der Waals surface area contributed by atoms with Crippen molar-refractivity contribution >= 4 is 0 Å². The Balaban J connectivity index is 2.29. The third-order valence-corrected chi connectivity index (χ3v) is 2.47. The van der Waals surface area contributed by atoms with Crippen LogP contribution in [0.3, 0.4) is 0 Å². The first kappa shape index (κ1) is 8.02. The van der Waals surface area contributed by atoms with Crippen LogP contribution in [0.1, 0.15) is 26.7 Å².